The summed E-state index contributed by atoms with van der Waals surface area (Å²) in [6, 6.07) is 14.4. The van der Waals surface area contributed by atoms with Crippen molar-refractivity contribution in [2.45, 2.75) is 11.8 Å². The van der Waals surface area contributed by atoms with Gasteiger partial charge in [0.25, 0.3) is 10.0 Å². The van der Waals surface area contributed by atoms with Gasteiger partial charge in [-0.1, -0.05) is 23.2 Å². The summed E-state index contributed by atoms with van der Waals surface area (Å²) in [5.41, 5.74) is 0.619. The molecule has 0 radical (unpaired) electrons. The number of sulfonamides is 1. The van der Waals surface area contributed by atoms with Gasteiger partial charge in [0.2, 0.25) is 5.91 Å². The predicted molar refractivity (Wildman–Crippen MR) is 142 cm³/mol. The molecule has 37 heavy (non-hydrogen) atoms. The first-order chi connectivity index (χ1) is 17.6. The molecule has 3 aromatic carbocycles. The summed E-state index contributed by atoms with van der Waals surface area (Å²) in [5.74, 6) is -0.694. The third-order valence-corrected chi connectivity index (χ3v) is 7.43. The molecule has 0 aromatic heterocycles. The zero-order valence-electron chi connectivity index (χ0n) is 20.2. The van der Waals surface area contributed by atoms with Gasteiger partial charge in [0, 0.05) is 16.8 Å². The van der Waals surface area contributed by atoms with Crippen molar-refractivity contribution in [1.82, 2.24) is 0 Å². The number of carbonyl (C=O) groups excluding carboxylic acids is 2. The topological polar surface area (TPSA) is 111 Å². The molecular weight excluding hydrogens is 543 g/mol. The molecule has 1 N–H and O–H groups in total. The number of esters is 1. The van der Waals surface area contributed by atoms with Gasteiger partial charge in [-0.3, -0.25) is 9.10 Å². The van der Waals surface area contributed by atoms with E-state index in [1.54, 1.807) is 6.92 Å². The van der Waals surface area contributed by atoms with E-state index in [4.69, 9.17) is 37.4 Å². The highest BCUT2D eigenvalue weighted by Crippen LogP contribution is 2.32. The van der Waals surface area contributed by atoms with Crippen molar-refractivity contribution in [2.24, 2.45) is 0 Å². The van der Waals surface area contributed by atoms with Crippen molar-refractivity contribution in [3.8, 4) is 11.5 Å². The molecule has 0 heterocycles. The molecular formula is C25H24Cl2N2O7S. The Labute approximate surface area is 224 Å². The number of hydrogen-bond donors (Lipinski definition) is 1. The molecule has 196 valence electrons. The largest absolute Gasteiger partial charge is 0.493 e. The molecule has 0 saturated heterocycles. The smallest absolute Gasteiger partial charge is 0.339 e. The molecule has 0 unspecified atom stereocenters. The molecule has 0 aliphatic rings. The monoisotopic (exact) mass is 566 g/mol. The Morgan fingerprint density at radius 3 is 2.19 bits per heavy atom. The number of nitrogens with one attached hydrogen (secondary N) is 1. The van der Waals surface area contributed by atoms with Crippen LogP contribution in [0, 0.1) is 0 Å². The van der Waals surface area contributed by atoms with Crippen LogP contribution in [-0.4, -0.2) is 47.7 Å². The lowest BCUT2D eigenvalue weighted by Gasteiger charge is -2.24. The van der Waals surface area contributed by atoms with Gasteiger partial charge in [-0.15, -0.1) is 0 Å². The van der Waals surface area contributed by atoms with Crippen LogP contribution < -0.4 is 19.1 Å². The fourth-order valence-corrected chi connectivity index (χ4v) is 5.15. The van der Waals surface area contributed by atoms with Crippen molar-refractivity contribution in [3.63, 3.8) is 0 Å². The molecule has 9 nitrogen and oxygen atoms in total. The van der Waals surface area contributed by atoms with Crippen LogP contribution in [0.25, 0.3) is 0 Å². The highest BCUT2D eigenvalue weighted by atomic mass is 35.5. The number of rotatable bonds is 10. The van der Waals surface area contributed by atoms with Crippen LogP contribution >= 0.6 is 23.2 Å². The summed E-state index contributed by atoms with van der Waals surface area (Å²) < 4.78 is 43.6. The minimum Gasteiger partial charge on any atom is -0.493 e. The molecule has 0 saturated carbocycles. The molecule has 0 spiro atoms. The molecule has 1 amide bonds. The van der Waals surface area contributed by atoms with E-state index in [1.807, 2.05) is 0 Å². The van der Waals surface area contributed by atoms with Gasteiger partial charge in [-0.2, -0.15) is 0 Å². The fraction of sp³-hybridized carbons (Fsp3) is 0.200. The third-order valence-electron chi connectivity index (χ3n) is 5.09. The van der Waals surface area contributed by atoms with Crippen LogP contribution in [0.15, 0.2) is 65.6 Å². The first-order valence-electron chi connectivity index (χ1n) is 10.9. The molecule has 0 atom stereocenters. The quantitative estimate of drug-likeness (QED) is 0.343. The lowest BCUT2D eigenvalue weighted by atomic mass is 10.2. The maximum Gasteiger partial charge on any atom is 0.339 e. The second-order valence-electron chi connectivity index (χ2n) is 7.47. The second-order valence-corrected chi connectivity index (χ2v) is 10.2. The first-order valence-corrected chi connectivity index (χ1v) is 13.1. The van der Waals surface area contributed by atoms with Crippen LogP contribution in [-0.2, 0) is 19.6 Å². The van der Waals surface area contributed by atoms with Gasteiger partial charge in [-0.25, -0.2) is 13.2 Å². The molecule has 0 fully saturated rings. The molecule has 3 rings (SSSR count). The highest BCUT2D eigenvalue weighted by molar-refractivity contribution is 7.92. The van der Waals surface area contributed by atoms with Crippen molar-refractivity contribution >= 4 is 56.5 Å². The fourth-order valence-electron chi connectivity index (χ4n) is 3.32. The van der Waals surface area contributed by atoms with Gasteiger partial charge in [0.05, 0.1) is 42.0 Å². The highest BCUT2D eigenvalue weighted by Gasteiger charge is 2.28. The standard InChI is InChI=1S/C25H24Cl2N2O7S/c1-4-36-25(31)20-11-7-17(13-21(20)27)28-24(30)15-29(18-8-5-16(26)6-9-18)37(32,33)19-10-12-22(34-2)23(14-19)35-3/h5-14H,4,15H2,1-3H3,(H,28,30). The van der Waals surface area contributed by atoms with Gasteiger partial charge in [0.15, 0.2) is 11.5 Å². The average Bonchev–Trinajstić information content (AvgIpc) is 2.87. The van der Waals surface area contributed by atoms with E-state index in [0.717, 1.165) is 4.31 Å². The SMILES string of the molecule is CCOC(=O)c1ccc(NC(=O)CN(c2ccc(Cl)cc2)S(=O)(=O)c2ccc(OC)c(OC)c2)cc1Cl. The van der Waals surface area contributed by atoms with Gasteiger partial charge < -0.3 is 19.5 Å². The number of halogens is 2. The summed E-state index contributed by atoms with van der Waals surface area (Å²) in [6.45, 7) is 1.28. The van der Waals surface area contributed by atoms with Gasteiger partial charge >= 0.3 is 5.97 Å². The maximum atomic E-state index is 13.7. The van der Waals surface area contributed by atoms with E-state index >= 15 is 0 Å². The zero-order valence-corrected chi connectivity index (χ0v) is 22.5. The lowest BCUT2D eigenvalue weighted by Crippen LogP contribution is -2.38. The minimum absolute atomic E-state index is 0.0729. The zero-order chi connectivity index (χ0) is 27.2. The summed E-state index contributed by atoms with van der Waals surface area (Å²) in [4.78, 5) is 24.8. The Hall–Kier alpha value is -3.47. The number of carbonyl (C=O) groups is 2. The number of hydrogen-bond acceptors (Lipinski definition) is 7. The Morgan fingerprint density at radius 1 is 0.919 bits per heavy atom. The summed E-state index contributed by atoms with van der Waals surface area (Å²) >= 11 is 12.2. The first kappa shape index (κ1) is 28.1. The van der Waals surface area contributed by atoms with Crippen LogP contribution in [0.3, 0.4) is 0 Å². The molecule has 0 aliphatic carbocycles. The maximum absolute atomic E-state index is 13.7. The Kier molecular flexibility index (Phi) is 9.25. The summed E-state index contributed by atoms with van der Waals surface area (Å²) in [7, 11) is -1.42. The van der Waals surface area contributed by atoms with Crippen LogP contribution in [0.5, 0.6) is 11.5 Å². The number of anilines is 2. The van der Waals surface area contributed by atoms with Crippen molar-refractivity contribution in [3.05, 3.63) is 76.3 Å². The second kappa shape index (κ2) is 12.2. The van der Waals surface area contributed by atoms with E-state index < -0.39 is 28.4 Å². The molecule has 0 aliphatic heterocycles. The predicted octanol–water partition coefficient (Wildman–Crippen LogP) is 5.02. The van der Waals surface area contributed by atoms with Crippen LogP contribution in [0.4, 0.5) is 11.4 Å². The van der Waals surface area contributed by atoms with E-state index in [9.17, 15) is 18.0 Å². The Bertz CT molecular complexity index is 1400. The van der Waals surface area contributed by atoms with Gasteiger partial charge in [-0.05, 0) is 61.5 Å². The van der Waals surface area contributed by atoms with Gasteiger partial charge in [0.1, 0.15) is 6.54 Å². The molecule has 3 aromatic rings. The van der Waals surface area contributed by atoms with E-state index in [-0.39, 0.29) is 39.2 Å². The lowest BCUT2D eigenvalue weighted by molar-refractivity contribution is -0.114. The number of amides is 1. The van der Waals surface area contributed by atoms with E-state index in [0.29, 0.717) is 10.8 Å². The Morgan fingerprint density at radius 2 is 1.59 bits per heavy atom. The number of benzene rings is 3. The number of ether oxygens (including phenoxy) is 3. The van der Waals surface area contributed by atoms with Crippen molar-refractivity contribution in [2.75, 3.05) is 37.0 Å². The third kappa shape index (κ3) is 6.65. The normalized spacial score (nSPS) is 10.9. The van der Waals surface area contributed by atoms with Crippen molar-refractivity contribution in [1.29, 1.82) is 0 Å². The molecule has 0 bridgehead atoms. The molecule has 12 heteroatoms. The average molecular weight is 567 g/mol. The summed E-state index contributed by atoms with van der Waals surface area (Å²) in [5, 5.41) is 3.07. The number of nitrogens with zero attached hydrogens (tertiary/aromatic N) is 1. The van der Waals surface area contributed by atoms with E-state index in [1.165, 1.54) is 74.9 Å². The minimum atomic E-state index is -4.24. The van der Waals surface area contributed by atoms with Crippen LogP contribution in [0.2, 0.25) is 10.0 Å². The van der Waals surface area contributed by atoms with Crippen molar-refractivity contribution < 1.29 is 32.2 Å². The van der Waals surface area contributed by atoms with E-state index in [2.05, 4.69) is 5.32 Å². The number of methoxy groups -OCH3 is 2. The Balaban J connectivity index is 1.92. The summed E-state index contributed by atoms with van der Waals surface area (Å²) in [6.07, 6.45) is 0. The van der Waals surface area contributed by atoms with Crippen LogP contribution in [0.1, 0.15) is 17.3 Å².